The molecular weight excluding hydrogens is 214 g/mol. The molecule has 0 amide bonds. The van der Waals surface area contributed by atoms with Gasteiger partial charge in [-0.3, -0.25) is 5.10 Å². The first-order chi connectivity index (χ1) is 8.18. The lowest BCUT2D eigenvalue weighted by Crippen LogP contribution is -2.26. The molecule has 1 aliphatic rings. The maximum Gasteiger partial charge on any atom is 0.183 e. The predicted octanol–water partition coefficient (Wildman–Crippen LogP) is 1.31. The number of nitrogens with zero attached hydrogens (tertiary/aromatic N) is 2. The van der Waals surface area contributed by atoms with Gasteiger partial charge in [0.15, 0.2) is 5.65 Å². The fourth-order valence-corrected chi connectivity index (χ4v) is 2.59. The Morgan fingerprint density at radius 2 is 2.12 bits per heavy atom. The SMILES string of the molecule is CC(C)c1nc2n[nH]c(N)c2c2c1CNCC2. The zero-order valence-corrected chi connectivity index (χ0v) is 10.2. The summed E-state index contributed by atoms with van der Waals surface area (Å²) < 4.78 is 0. The standard InChI is InChI=1S/C12H17N5/c1-6(2)10-8-5-14-4-3-7(8)9-11(13)16-17-12(9)15-10/h6,14H,3-5H2,1-2H3,(H3,13,15,16,17). The van der Waals surface area contributed by atoms with Crippen molar-refractivity contribution in [2.45, 2.75) is 32.7 Å². The van der Waals surface area contributed by atoms with E-state index in [9.17, 15) is 0 Å². The first-order valence-electron chi connectivity index (χ1n) is 6.04. The van der Waals surface area contributed by atoms with Crippen molar-refractivity contribution in [3.63, 3.8) is 0 Å². The first kappa shape index (κ1) is 10.5. The van der Waals surface area contributed by atoms with Crippen LogP contribution in [-0.4, -0.2) is 21.7 Å². The molecule has 17 heavy (non-hydrogen) atoms. The number of nitrogen functional groups attached to an aromatic ring is 1. The number of aromatic amines is 1. The number of fused-ring (bicyclic) bond motifs is 3. The van der Waals surface area contributed by atoms with Crippen molar-refractivity contribution in [3.05, 3.63) is 16.8 Å². The van der Waals surface area contributed by atoms with Crippen LogP contribution in [0.3, 0.4) is 0 Å². The molecule has 5 heteroatoms. The number of rotatable bonds is 1. The predicted molar refractivity (Wildman–Crippen MR) is 67.8 cm³/mol. The lowest BCUT2D eigenvalue weighted by molar-refractivity contribution is 0.629. The minimum atomic E-state index is 0.408. The van der Waals surface area contributed by atoms with Crippen molar-refractivity contribution < 1.29 is 0 Å². The highest BCUT2D eigenvalue weighted by molar-refractivity contribution is 5.90. The minimum absolute atomic E-state index is 0.408. The molecular formula is C12H17N5. The summed E-state index contributed by atoms with van der Waals surface area (Å²) in [6.45, 7) is 6.21. The molecule has 0 unspecified atom stereocenters. The summed E-state index contributed by atoms with van der Waals surface area (Å²) in [6, 6.07) is 0. The van der Waals surface area contributed by atoms with Gasteiger partial charge in [0.05, 0.1) is 11.1 Å². The molecule has 0 saturated carbocycles. The van der Waals surface area contributed by atoms with Crippen molar-refractivity contribution in [1.82, 2.24) is 20.5 Å². The molecule has 0 bridgehead atoms. The second-order valence-electron chi connectivity index (χ2n) is 4.87. The van der Waals surface area contributed by atoms with E-state index < -0.39 is 0 Å². The number of anilines is 1. The second-order valence-corrected chi connectivity index (χ2v) is 4.87. The molecule has 3 heterocycles. The van der Waals surface area contributed by atoms with Crippen LogP contribution in [0.5, 0.6) is 0 Å². The van der Waals surface area contributed by atoms with Gasteiger partial charge in [0.2, 0.25) is 0 Å². The van der Waals surface area contributed by atoms with E-state index >= 15 is 0 Å². The average Bonchev–Trinajstić information content (AvgIpc) is 2.70. The van der Waals surface area contributed by atoms with Crippen LogP contribution in [0.1, 0.15) is 36.6 Å². The molecule has 0 saturated heterocycles. The monoisotopic (exact) mass is 231 g/mol. The summed E-state index contributed by atoms with van der Waals surface area (Å²) in [5.74, 6) is 1.05. The Labute approximate surface area is 99.8 Å². The molecule has 0 atom stereocenters. The van der Waals surface area contributed by atoms with Crippen LogP contribution in [0.25, 0.3) is 11.0 Å². The Bertz CT molecular complexity index is 570. The highest BCUT2D eigenvalue weighted by atomic mass is 15.2. The molecule has 0 spiro atoms. The van der Waals surface area contributed by atoms with Crippen LogP contribution in [0.2, 0.25) is 0 Å². The van der Waals surface area contributed by atoms with Crippen molar-refractivity contribution in [2.24, 2.45) is 0 Å². The lowest BCUT2D eigenvalue weighted by atomic mass is 9.93. The van der Waals surface area contributed by atoms with Crippen molar-refractivity contribution >= 4 is 16.9 Å². The van der Waals surface area contributed by atoms with E-state index in [1.54, 1.807) is 0 Å². The van der Waals surface area contributed by atoms with E-state index in [0.717, 1.165) is 36.2 Å². The van der Waals surface area contributed by atoms with Crippen LogP contribution in [-0.2, 0) is 13.0 Å². The van der Waals surface area contributed by atoms with E-state index in [1.165, 1.54) is 11.1 Å². The van der Waals surface area contributed by atoms with Gasteiger partial charge >= 0.3 is 0 Å². The van der Waals surface area contributed by atoms with Gasteiger partial charge in [0.25, 0.3) is 0 Å². The minimum Gasteiger partial charge on any atom is -0.384 e. The summed E-state index contributed by atoms with van der Waals surface area (Å²) in [7, 11) is 0. The van der Waals surface area contributed by atoms with Crippen LogP contribution in [0, 0.1) is 0 Å². The number of nitrogens with two attached hydrogens (primary N) is 1. The third kappa shape index (κ3) is 1.50. The zero-order chi connectivity index (χ0) is 12.0. The van der Waals surface area contributed by atoms with Crippen molar-refractivity contribution in [3.8, 4) is 0 Å². The number of hydrogen-bond acceptors (Lipinski definition) is 4. The van der Waals surface area contributed by atoms with Crippen LogP contribution >= 0.6 is 0 Å². The summed E-state index contributed by atoms with van der Waals surface area (Å²) >= 11 is 0. The van der Waals surface area contributed by atoms with E-state index in [0.29, 0.717) is 11.7 Å². The van der Waals surface area contributed by atoms with Gasteiger partial charge in [-0.25, -0.2) is 4.98 Å². The molecule has 4 N–H and O–H groups in total. The third-order valence-corrected chi connectivity index (χ3v) is 3.38. The van der Waals surface area contributed by atoms with Gasteiger partial charge in [-0.2, -0.15) is 5.10 Å². The van der Waals surface area contributed by atoms with Gasteiger partial charge in [0.1, 0.15) is 5.82 Å². The summed E-state index contributed by atoms with van der Waals surface area (Å²) in [4.78, 5) is 4.65. The Morgan fingerprint density at radius 3 is 2.88 bits per heavy atom. The smallest absolute Gasteiger partial charge is 0.183 e. The van der Waals surface area contributed by atoms with E-state index in [2.05, 4.69) is 34.3 Å². The Kier molecular flexibility index (Phi) is 2.29. The van der Waals surface area contributed by atoms with Gasteiger partial charge in [0, 0.05) is 6.54 Å². The molecule has 2 aromatic rings. The Balaban J connectivity index is 2.37. The summed E-state index contributed by atoms with van der Waals surface area (Å²) in [6.07, 6.45) is 0.998. The molecule has 0 aromatic carbocycles. The molecule has 0 fully saturated rings. The molecule has 5 nitrogen and oxygen atoms in total. The molecule has 3 rings (SSSR count). The normalized spacial score (nSPS) is 15.5. The number of pyridine rings is 1. The highest BCUT2D eigenvalue weighted by Gasteiger charge is 2.22. The van der Waals surface area contributed by atoms with E-state index in [1.807, 2.05) is 0 Å². The maximum absolute atomic E-state index is 5.95. The Morgan fingerprint density at radius 1 is 1.29 bits per heavy atom. The van der Waals surface area contributed by atoms with E-state index in [-0.39, 0.29) is 0 Å². The van der Waals surface area contributed by atoms with Gasteiger partial charge in [-0.15, -0.1) is 0 Å². The number of aromatic nitrogens is 3. The Hall–Kier alpha value is -1.62. The molecule has 2 aromatic heterocycles. The number of H-pyrrole nitrogens is 1. The fourth-order valence-electron chi connectivity index (χ4n) is 2.59. The third-order valence-electron chi connectivity index (χ3n) is 3.38. The molecule has 90 valence electrons. The van der Waals surface area contributed by atoms with Crippen LogP contribution < -0.4 is 11.1 Å². The molecule has 1 aliphatic heterocycles. The lowest BCUT2D eigenvalue weighted by Gasteiger charge is -2.22. The fraction of sp³-hybridized carbons (Fsp3) is 0.500. The summed E-state index contributed by atoms with van der Waals surface area (Å²) in [5.41, 5.74) is 10.5. The van der Waals surface area contributed by atoms with Crippen LogP contribution in [0.4, 0.5) is 5.82 Å². The quantitative estimate of drug-likeness (QED) is 0.691. The van der Waals surface area contributed by atoms with Crippen molar-refractivity contribution in [2.75, 3.05) is 12.3 Å². The second kappa shape index (κ2) is 3.70. The number of hydrogen-bond donors (Lipinski definition) is 3. The molecule has 0 aliphatic carbocycles. The topological polar surface area (TPSA) is 79.6 Å². The largest absolute Gasteiger partial charge is 0.384 e. The van der Waals surface area contributed by atoms with Gasteiger partial charge < -0.3 is 11.1 Å². The number of nitrogens with one attached hydrogen (secondary N) is 2. The summed E-state index contributed by atoms with van der Waals surface area (Å²) in [5, 5.41) is 11.4. The molecule has 0 radical (unpaired) electrons. The van der Waals surface area contributed by atoms with Gasteiger partial charge in [-0.05, 0) is 30.0 Å². The van der Waals surface area contributed by atoms with Gasteiger partial charge in [-0.1, -0.05) is 13.8 Å². The average molecular weight is 231 g/mol. The van der Waals surface area contributed by atoms with E-state index in [4.69, 9.17) is 5.73 Å². The zero-order valence-electron chi connectivity index (χ0n) is 10.2. The first-order valence-corrected chi connectivity index (χ1v) is 6.04. The highest BCUT2D eigenvalue weighted by Crippen LogP contribution is 2.31. The van der Waals surface area contributed by atoms with Crippen molar-refractivity contribution in [1.29, 1.82) is 0 Å². The maximum atomic E-state index is 5.95. The van der Waals surface area contributed by atoms with Crippen LogP contribution in [0.15, 0.2) is 0 Å².